The third kappa shape index (κ3) is 2.07. The molecule has 3 aromatic rings. The third-order valence-corrected chi connectivity index (χ3v) is 4.96. The summed E-state index contributed by atoms with van der Waals surface area (Å²) in [6, 6.07) is 26.3. The fourth-order valence-corrected chi connectivity index (χ4v) is 3.81. The van der Waals surface area contributed by atoms with Crippen LogP contribution in [-0.4, -0.2) is 12.9 Å². The van der Waals surface area contributed by atoms with Gasteiger partial charge >= 0.3 is 0 Å². The molecule has 0 saturated carbocycles. The number of carbonyl (C=O) groups excluding carboxylic acids is 1. The Bertz CT molecular complexity index is 881. The largest absolute Gasteiger partial charge is 0.497 e. The molecule has 3 aromatic carbocycles. The molecule has 0 heterocycles. The van der Waals surface area contributed by atoms with E-state index in [2.05, 4.69) is 30.3 Å². The lowest BCUT2D eigenvalue weighted by Gasteiger charge is -2.31. The summed E-state index contributed by atoms with van der Waals surface area (Å²) >= 11 is 0. The Labute approximate surface area is 141 Å². The summed E-state index contributed by atoms with van der Waals surface area (Å²) in [5, 5.41) is 0. The Morgan fingerprint density at radius 1 is 0.792 bits per heavy atom. The van der Waals surface area contributed by atoms with Crippen LogP contribution in [0.15, 0.2) is 78.9 Å². The van der Waals surface area contributed by atoms with Crippen LogP contribution >= 0.6 is 0 Å². The highest BCUT2D eigenvalue weighted by Crippen LogP contribution is 2.48. The molecule has 0 saturated heterocycles. The summed E-state index contributed by atoms with van der Waals surface area (Å²) in [6.45, 7) is 0. The lowest BCUT2D eigenvalue weighted by atomic mass is 9.70. The minimum atomic E-state index is -0.429. The maximum absolute atomic E-state index is 12.7. The second-order valence-corrected chi connectivity index (χ2v) is 6.15. The van der Waals surface area contributed by atoms with E-state index in [1.807, 2.05) is 48.5 Å². The number of carbonyl (C=O) groups is 1. The van der Waals surface area contributed by atoms with E-state index in [-0.39, 0.29) is 5.78 Å². The predicted molar refractivity (Wildman–Crippen MR) is 94.7 cm³/mol. The van der Waals surface area contributed by atoms with Crippen molar-refractivity contribution in [3.05, 3.63) is 101 Å². The van der Waals surface area contributed by atoms with Crippen molar-refractivity contribution in [3.8, 4) is 5.75 Å². The van der Waals surface area contributed by atoms with Gasteiger partial charge in [-0.2, -0.15) is 0 Å². The monoisotopic (exact) mass is 314 g/mol. The van der Waals surface area contributed by atoms with Crippen molar-refractivity contribution in [3.63, 3.8) is 0 Å². The smallest absolute Gasteiger partial charge is 0.164 e. The molecule has 2 nitrogen and oxygen atoms in total. The Morgan fingerprint density at radius 3 is 2.12 bits per heavy atom. The molecule has 0 radical (unpaired) electrons. The first-order valence-corrected chi connectivity index (χ1v) is 8.08. The van der Waals surface area contributed by atoms with Gasteiger partial charge in [0.1, 0.15) is 5.75 Å². The van der Waals surface area contributed by atoms with E-state index >= 15 is 0 Å². The highest BCUT2D eigenvalue weighted by Gasteiger charge is 2.45. The highest BCUT2D eigenvalue weighted by molar-refractivity contribution is 6.03. The van der Waals surface area contributed by atoms with Crippen molar-refractivity contribution in [2.75, 3.05) is 7.11 Å². The van der Waals surface area contributed by atoms with Crippen LogP contribution in [0.1, 0.15) is 33.5 Å². The van der Waals surface area contributed by atoms with Crippen molar-refractivity contribution < 1.29 is 9.53 Å². The van der Waals surface area contributed by atoms with Crippen LogP contribution in [-0.2, 0) is 5.41 Å². The van der Waals surface area contributed by atoms with Gasteiger partial charge in [0.15, 0.2) is 5.78 Å². The molecule has 1 unspecified atom stereocenters. The van der Waals surface area contributed by atoms with Gasteiger partial charge in [-0.3, -0.25) is 4.79 Å². The zero-order valence-corrected chi connectivity index (χ0v) is 13.5. The van der Waals surface area contributed by atoms with Crippen LogP contribution in [0.3, 0.4) is 0 Å². The minimum absolute atomic E-state index is 0.199. The Balaban J connectivity index is 2.00. The molecule has 1 atom stereocenters. The summed E-state index contributed by atoms with van der Waals surface area (Å²) in [5.41, 5.74) is 3.76. The van der Waals surface area contributed by atoms with Gasteiger partial charge in [0.25, 0.3) is 0 Å². The summed E-state index contributed by atoms with van der Waals surface area (Å²) in [6.07, 6.45) is 0.461. The van der Waals surface area contributed by atoms with Gasteiger partial charge < -0.3 is 4.74 Å². The van der Waals surface area contributed by atoms with E-state index in [0.717, 1.165) is 28.0 Å². The predicted octanol–water partition coefficient (Wildman–Crippen LogP) is 4.62. The van der Waals surface area contributed by atoms with Gasteiger partial charge in [0.05, 0.1) is 12.5 Å². The number of rotatable bonds is 3. The molecule has 0 aliphatic heterocycles. The van der Waals surface area contributed by atoms with Gasteiger partial charge in [0.2, 0.25) is 0 Å². The van der Waals surface area contributed by atoms with Crippen molar-refractivity contribution >= 4 is 5.78 Å². The van der Waals surface area contributed by atoms with Crippen LogP contribution in [0, 0.1) is 0 Å². The van der Waals surface area contributed by atoms with E-state index in [0.29, 0.717) is 6.42 Å². The molecule has 4 rings (SSSR count). The molecule has 0 spiro atoms. The molecule has 1 aliphatic rings. The maximum atomic E-state index is 12.7. The molecule has 2 heteroatoms. The molecular formula is C22H18O2. The van der Waals surface area contributed by atoms with Crippen LogP contribution in [0.5, 0.6) is 5.75 Å². The third-order valence-electron chi connectivity index (χ3n) is 4.96. The molecule has 1 aliphatic carbocycles. The Hall–Kier alpha value is -2.87. The second-order valence-electron chi connectivity index (χ2n) is 6.15. The van der Waals surface area contributed by atoms with Crippen molar-refractivity contribution in [2.24, 2.45) is 0 Å². The topological polar surface area (TPSA) is 26.3 Å². The number of ether oxygens (including phenoxy) is 1. The zero-order chi connectivity index (χ0) is 16.6. The number of ketones is 1. The summed E-state index contributed by atoms with van der Waals surface area (Å²) < 4.78 is 5.29. The van der Waals surface area contributed by atoms with E-state index in [9.17, 15) is 4.79 Å². The lowest BCUT2D eigenvalue weighted by Crippen LogP contribution is -2.26. The first kappa shape index (κ1) is 14.7. The number of benzene rings is 3. The lowest BCUT2D eigenvalue weighted by molar-refractivity contribution is 0.0984. The standard InChI is InChI=1S/C22H18O2/c1-24-18-13-11-17(12-14-18)22(16-7-3-2-4-8-16)15-21(23)19-9-5-6-10-20(19)22/h2-14H,15H2,1H3. The molecule has 0 aromatic heterocycles. The molecular weight excluding hydrogens is 296 g/mol. The number of Topliss-reactive ketones (excluding diaryl/α,β-unsaturated/α-hetero) is 1. The normalized spacial score (nSPS) is 19.1. The maximum Gasteiger partial charge on any atom is 0.164 e. The number of hydrogen-bond donors (Lipinski definition) is 0. The first-order chi connectivity index (χ1) is 11.8. The average molecular weight is 314 g/mol. The van der Waals surface area contributed by atoms with Crippen molar-refractivity contribution in [2.45, 2.75) is 11.8 Å². The highest BCUT2D eigenvalue weighted by atomic mass is 16.5. The van der Waals surface area contributed by atoms with E-state index in [1.54, 1.807) is 7.11 Å². The number of hydrogen-bond acceptors (Lipinski definition) is 2. The number of fused-ring (bicyclic) bond motifs is 1. The minimum Gasteiger partial charge on any atom is -0.497 e. The molecule has 0 amide bonds. The fraction of sp³-hybridized carbons (Fsp3) is 0.136. The second kappa shape index (κ2) is 5.64. The van der Waals surface area contributed by atoms with Gasteiger partial charge in [-0.1, -0.05) is 66.7 Å². The SMILES string of the molecule is COc1ccc(C2(c3ccccc3)CC(=O)c3ccccc32)cc1. The van der Waals surface area contributed by atoms with Crippen LogP contribution in [0.4, 0.5) is 0 Å². The number of methoxy groups -OCH3 is 1. The summed E-state index contributed by atoms with van der Waals surface area (Å²) in [4.78, 5) is 12.7. The summed E-state index contributed by atoms with van der Waals surface area (Å²) in [7, 11) is 1.66. The molecule has 0 fully saturated rings. The molecule has 0 N–H and O–H groups in total. The van der Waals surface area contributed by atoms with Crippen LogP contribution in [0.25, 0.3) is 0 Å². The average Bonchev–Trinajstić information content (AvgIpc) is 2.97. The van der Waals surface area contributed by atoms with E-state index in [1.165, 1.54) is 0 Å². The first-order valence-electron chi connectivity index (χ1n) is 8.08. The fourth-order valence-electron chi connectivity index (χ4n) is 3.81. The Morgan fingerprint density at radius 2 is 1.42 bits per heavy atom. The molecule has 24 heavy (non-hydrogen) atoms. The van der Waals surface area contributed by atoms with Crippen LogP contribution < -0.4 is 4.74 Å². The summed E-state index contributed by atoms with van der Waals surface area (Å²) in [5.74, 6) is 1.02. The van der Waals surface area contributed by atoms with E-state index in [4.69, 9.17) is 4.74 Å². The molecule has 118 valence electrons. The quantitative estimate of drug-likeness (QED) is 0.705. The van der Waals surface area contributed by atoms with Gasteiger partial charge in [0, 0.05) is 12.0 Å². The van der Waals surface area contributed by atoms with E-state index < -0.39 is 5.41 Å². The van der Waals surface area contributed by atoms with Crippen LogP contribution in [0.2, 0.25) is 0 Å². The van der Waals surface area contributed by atoms with Crippen molar-refractivity contribution in [1.29, 1.82) is 0 Å². The van der Waals surface area contributed by atoms with Crippen molar-refractivity contribution in [1.82, 2.24) is 0 Å². The zero-order valence-electron chi connectivity index (χ0n) is 13.5. The molecule has 0 bridgehead atoms. The van der Waals surface area contributed by atoms with Gasteiger partial charge in [-0.05, 0) is 28.8 Å². The Kier molecular flexibility index (Phi) is 3.46. The van der Waals surface area contributed by atoms with Gasteiger partial charge in [-0.15, -0.1) is 0 Å². The van der Waals surface area contributed by atoms with Gasteiger partial charge in [-0.25, -0.2) is 0 Å².